The van der Waals surface area contributed by atoms with E-state index in [-0.39, 0.29) is 5.41 Å². The van der Waals surface area contributed by atoms with Gasteiger partial charge >= 0.3 is 5.97 Å². The van der Waals surface area contributed by atoms with Crippen LogP contribution in [0.4, 0.5) is 0 Å². The molecule has 1 N–H and O–H groups in total. The molecule has 2 aromatic carbocycles. The number of benzene rings is 2. The molecule has 0 heterocycles. The van der Waals surface area contributed by atoms with Crippen LogP contribution in [0.25, 0.3) is 0 Å². The standard InChI is InChI=1S/C23H24O2/c24-21(25)18-6-8-20(9-7-18)23-13-16-10-17(14-23)12-22(11-16,15-23)19-4-2-1-3-5-19/h1-9,16-17H,10-15H2,(H,24,25). The Kier molecular flexibility index (Phi) is 3.16. The number of aromatic carboxylic acids is 1. The van der Waals surface area contributed by atoms with Gasteiger partial charge in [-0.3, -0.25) is 0 Å². The highest BCUT2D eigenvalue weighted by Crippen LogP contribution is 2.66. The van der Waals surface area contributed by atoms with Crippen molar-refractivity contribution in [3.05, 3.63) is 71.3 Å². The van der Waals surface area contributed by atoms with E-state index in [1.165, 1.54) is 49.7 Å². The lowest BCUT2D eigenvalue weighted by Gasteiger charge is -2.62. The zero-order chi connectivity index (χ0) is 17.1. The summed E-state index contributed by atoms with van der Waals surface area (Å²) >= 11 is 0. The average Bonchev–Trinajstić information content (AvgIpc) is 2.61. The van der Waals surface area contributed by atoms with Crippen molar-refractivity contribution in [3.63, 3.8) is 0 Å². The number of carbonyl (C=O) groups is 1. The van der Waals surface area contributed by atoms with Crippen molar-refractivity contribution >= 4 is 5.97 Å². The minimum absolute atomic E-state index is 0.247. The maximum absolute atomic E-state index is 11.2. The van der Waals surface area contributed by atoms with E-state index in [4.69, 9.17) is 0 Å². The van der Waals surface area contributed by atoms with Gasteiger partial charge in [0.15, 0.2) is 0 Å². The summed E-state index contributed by atoms with van der Waals surface area (Å²) in [7, 11) is 0. The van der Waals surface area contributed by atoms with Crippen LogP contribution >= 0.6 is 0 Å². The second-order valence-corrected chi connectivity index (χ2v) is 8.77. The van der Waals surface area contributed by atoms with E-state index in [1.54, 1.807) is 12.1 Å². The zero-order valence-electron chi connectivity index (χ0n) is 14.4. The van der Waals surface area contributed by atoms with E-state index in [2.05, 4.69) is 42.5 Å². The second kappa shape index (κ2) is 5.20. The number of hydrogen-bond acceptors (Lipinski definition) is 1. The van der Waals surface area contributed by atoms with E-state index in [1.807, 2.05) is 0 Å². The molecular formula is C23H24O2. The van der Waals surface area contributed by atoms with Crippen LogP contribution in [0, 0.1) is 11.8 Å². The quantitative estimate of drug-likeness (QED) is 0.841. The third-order valence-corrected chi connectivity index (χ3v) is 7.19. The lowest BCUT2D eigenvalue weighted by atomic mass is 9.42. The molecule has 4 bridgehead atoms. The average molecular weight is 332 g/mol. The van der Waals surface area contributed by atoms with E-state index in [9.17, 15) is 9.90 Å². The number of hydrogen-bond donors (Lipinski definition) is 1. The Bertz CT molecular complexity index is 792. The van der Waals surface area contributed by atoms with Crippen LogP contribution in [0.5, 0.6) is 0 Å². The summed E-state index contributed by atoms with van der Waals surface area (Å²) in [5.41, 5.74) is 3.86. The molecule has 25 heavy (non-hydrogen) atoms. The van der Waals surface area contributed by atoms with Crippen molar-refractivity contribution in [2.24, 2.45) is 11.8 Å². The minimum atomic E-state index is -0.835. The van der Waals surface area contributed by atoms with E-state index >= 15 is 0 Å². The van der Waals surface area contributed by atoms with Gasteiger partial charge in [0.2, 0.25) is 0 Å². The highest BCUT2D eigenvalue weighted by atomic mass is 16.4. The summed E-state index contributed by atoms with van der Waals surface area (Å²) in [6.45, 7) is 0. The van der Waals surface area contributed by atoms with Gasteiger partial charge in [0, 0.05) is 0 Å². The molecular weight excluding hydrogens is 308 g/mol. The van der Waals surface area contributed by atoms with Gasteiger partial charge in [0.1, 0.15) is 0 Å². The largest absolute Gasteiger partial charge is 0.478 e. The van der Waals surface area contributed by atoms with Gasteiger partial charge in [-0.15, -0.1) is 0 Å². The molecule has 2 unspecified atom stereocenters. The summed E-state index contributed by atoms with van der Waals surface area (Å²) in [6, 6.07) is 18.9. The van der Waals surface area contributed by atoms with Crippen molar-refractivity contribution in [2.45, 2.75) is 49.4 Å². The predicted molar refractivity (Wildman–Crippen MR) is 97.9 cm³/mol. The van der Waals surface area contributed by atoms with Crippen LogP contribution in [-0.4, -0.2) is 11.1 Å². The summed E-state index contributed by atoms with van der Waals surface area (Å²) in [5, 5.41) is 9.20. The Labute approximate surface area is 148 Å². The molecule has 0 radical (unpaired) electrons. The fraction of sp³-hybridized carbons (Fsp3) is 0.435. The van der Waals surface area contributed by atoms with Crippen molar-refractivity contribution in [3.8, 4) is 0 Å². The first-order chi connectivity index (χ1) is 12.1. The fourth-order valence-electron chi connectivity index (χ4n) is 6.70. The highest BCUT2D eigenvalue weighted by Gasteiger charge is 2.58. The summed E-state index contributed by atoms with van der Waals surface area (Å²) < 4.78 is 0. The topological polar surface area (TPSA) is 37.3 Å². The highest BCUT2D eigenvalue weighted by molar-refractivity contribution is 5.87. The summed E-state index contributed by atoms with van der Waals surface area (Å²) in [5.74, 6) is 0.805. The molecule has 4 fully saturated rings. The summed E-state index contributed by atoms with van der Waals surface area (Å²) in [6.07, 6.45) is 7.85. The molecule has 0 aromatic heterocycles. The van der Waals surface area contributed by atoms with Crippen molar-refractivity contribution in [1.82, 2.24) is 0 Å². The van der Waals surface area contributed by atoms with Crippen molar-refractivity contribution in [2.75, 3.05) is 0 Å². The molecule has 128 valence electrons. The molecule has 6 rings (SSSR count). The maximum Gasteiger partial charge on any atom is 0.335 e. The van der Waals surface area contributed by atoms with Gasteiger partial charge in [-0.05, 0) is 84.5 Å². The molecule has 4 saturated carbocycles. The molecule has 0 spiro atoms. The van der Waals surface area contributed by atoms with Crippen LogP contribution in [-0.2, 0) is 10.8 Å². The van der Waals surface area contributed by atoms with Crippen LogP contribution in [0.1, 0.15) is 60.0 Å². The third-order valence-electron chi connectivity index (χ3n) is 7.19. The van der Waals surface area contributed by atoms with Gasteiger partial charge < -0.3 is 5.11 Å². The fourth-order valence-corrected chi connectivity index (χ4v) is 6.70. The molecule has 0 amide bonds. The Morgan fingerprint density at radius 1 is 0.800 bits per heavy atom. The van der Waals surface area contributed by atoms with Crippen molar-refractivity contribution < 1.29 is 9.90 Å². The number of carboxylic acids is 1. The van der Waals surface area contributed by atoms with E-state index < -0.39 is 5.97 Å². The molecule has 2 nitrogen and oxygen atoms in total. The third kappa shape index (κ3) is 2.27. The molecule has 2 heteroatoms. The van der Waals surface area contributed by atoms with Gasteiger partial charge in [0.25, 0.3) is 0 Å². The molecule has 4 aliphatic rings. The Morgan fingerprint density at radius 2 is 1.32 bits per heavy atom. The lowest BCUT2D eigenvalue weighted by Crippen LogP contribution is -2.55. The van der Waals surface area contributed by atoms with Gasteiger partial charge in [-0.25, -0.2) is 4.79 Å². The smallest absolute Gasteiger partial charge is 0.335 e. The van der Waals surface area contributed by atoms with E-state index in [0.717, 1.165) is 11.8 Å². The Morgan fingerprint density at radius 3 is 1.84 bits per heavy atom. The lowest BCUT2D eigenvalue weighted by molar-refractivity contribution is -0.0281. The molecule has 4 aliphatic carbocycles. The van der Waals surface area contributed by atoms with Gasteiger partial charge in [-0.2, -0.15) is 0 Å². The van der Waals surface area contributed by atoms with Crippen molar-refractivity contribution in [1.29, 1.82) is 0 Å². The zero-order valence-corrected chi connectivity index (χ0v) is 14.4. The summed E-state index contributed by atoms with van der Waals surface area (Å²) in [4.78, 5) is 11.2. The first-order valence-corrected chi connectivity index (χ1v) is 9.48. The van der Waals surface area contributed by atoms with Crippen LogP contribution in [0.3, 0.4) is 0 Å². The first kappa shape index (κ1) is 15.2. The number of carboxylic acid groups (broad SMARTS) is 1. The molecule has 2 atom stereocenters. The van der Waals surface area contributed by atoms with E-state index in [0.29, 0.717) is 11.0 Å². The van der Waals surface area contributed by atoms with Gasteiger partial charge in [0.05, 0.1) is 5.56 Å². The van der Waals surface area contributed by atoms with Crippen LogP contribution < -0.4 is 0 Å². The van der Waals surface area contributed by atoms with Crippen LogP contribution in [0.15, 0.2) is 54.6 Å². The normalized spacial score (nSPS) is 35.7. The number of rotatable bonds is 3. The molecule has 0 aliphatic heterocycles. The SMILES string of the molecule is O=C(O)c1ccc(C23CC4CC(CC(c5ccccc5)(C4)C2)C3)cc1. The molecule has 2 aromatic rings. The Balaban J connectivity index is 1.57. The predicted octanol–water partition coefficient (Wildman–Crippen LogP) is 5.17. The van der Waals surface area contributed by atoms with Gasteiger partial charge in [-0.1, -0.05) is 42.5 Å². The minimum Gasteiger partial charge on any atom is -0.478 e. The second-order valence-electron chi connectivity index (χ2n) is 8.77. The monoisotopic (exact) mass is 332 g/mol. The van der Waals surface area contributed by atoms with Crippen LogP contribution in [0.2, 0.25) is 0 Å². The maximum atomic E-state index is 11.2. The first-order valence-electron chi connectivity index (χ1n) is 9.48. The Hall–Kier alpha value is -2.09. The molecule has 0 saturated heterocycles.